The van der Waals surface area contributed by atoms with Crippen molar-refractivity contribution in [3.63, 3.8) is 0 Å². The third-order valence-corrected chi connectivity index (χ3v) is 4.88. The summed E-state index contributed by atoms with van der Waals surface area (Å²) in [7, 11) is 0. The molecule has 0 aliphatic heterocycles. The van der Waals surface area contributed by atoms with E-state index in [0.29, 0.717) is 17.0 Å². The average molecular weight is 303 g/mol. The van der Waals surface area contributed by atoms with E-state index in [2.05, 4.69) is 15.9 Å². The Morgan fingerprint density at radius 1 is 1.12 bits per heavy atom. The molecule has 0 nitrogen and oxygen atoms in total. The van der Waals surface area contributed by atoms with Crippen molar-refractivity contribution in [2.75, 3.05) is 0 Å². The highest BCUT2D eigenvalue weighted by Gasteiger charge is 2.25. The van der Waals surface area contributed by atoms with E-state index in [1.54, 1.807) is 6.92 Å². The lowest BCUT2D eigenvalue weighted by atomic mass is 9.84. The van der Waals surface area contributed by atoms with Crippen LogP contribution in [0.1, 0.15) is 48.1 Å². The van der Waals surface area contributed by atoms with E-state index in [1.807, 2.05) is 0 Å². The maximum Gasteiger partial charge on any atom is 0.128 e. The van der Waals surface area contributed by atoms with Crippen LogP contribution in [-0.4, -0.2) is 0 Å². The summed E-state index contributed by atoms with van der Waals surface area (Å²) in [5.74, 6) is -0.182. The van der Waals surface area contributed by atoms with Gasteiger partial charge in [0.15, 0.2) is 0 Å². The number of alkyl halides is 1. The minimum Gasteiger partial charge on any atom is -0.207 e. The third-order valence-electron chi connectivity index (χ3n) is 3.64. The predicted octanol–water partition coefficient (Wildman–Crippen LogP) is 5.29. The van der Waals surface area contributed by atoms with Gasteiger partial charge in [-0.05, 0) is 43.4 Å². The van der Waals surface area contributed by atoms with Gasteiger partial charge in [-0.2, -0.15) is 0 Å². The Morgan fingerprint density at radius 3 is 2.41 bits per heavy atom. The van der Waals surface area contributed by atoms with Crippen LogP contribution in [-0.2, 0) is 0 Å². The number of hydrogen-bond acceptors (Lipinski definition) is 0. The lowest BCUT2D eigenvalue weighted by Crippen LogP contribution is -2.13. The summed E-state index contributed by atoms with van der Waals surface area (Å²) >= 11 is 3.55. The predicted molar refractivity (Wildman–Crippen MR) is 69.3 cm³/mol. The van der Waals surface area contributed by atoms with Gasteiger partial charge < -0.3 is 0 Å². The first-order valence-corrected chi connectivity index (χ1v) is 7.11. The van der Waals surface area contributed by atoms with Crippen LogP contribution in [0.2, 0.25) is 0 Å². The number of hydrogen-bond donors (Lipinski definition) is 0. The summed E-state index contributed by atoms with van der Waals surface area (Å²) in [5.41, 5.74) is 0.842. The molecule has 94 valence electrons. The minimum absolute atomic E-state index is 0.0575. The van der Waals surface area contributed by atoms with Crippen molar-refractivity contribution in [1.29, 1.82) is 0 Å². The molecule has 0 aromatic heterocycles. The van der Waals surface area contributed by atoms with Crippen LogP contribution >= 0.6 is 15.9 Å². The number of aryl methyl sites for hydroxylation is 1. The molecule has 1 aromatic carbocycles. The molecule has 1 unspecified atom stereocenters. The first-order chi connectivity index (χ1) is 8.09. The minimum atomic E-state index is -0.318. The fourth-order valence-electron chi connectivity index (χ4n) is 2.55. The van der Waals surface area contributed by atoms with Crippen molar-refractivity contribution >= 4 is 15.9 Å². The van der Waals surface area contributed by atoms with Crippen molar-refractivity contribution in [1.82, 2.24) is 0 Å². The quantitative estimate of drug-likeness (QED) is 0.651. The number of rotatable bonds is 2. The first kappa shape index (κ1) is 13.0. The zero-order chi connectivity index (χ0) is 12.4. The van der Waals surface area contributed by atoms with E-state index in [1.165, 1.54) is 31.4 Å². The van der Waals surface area contributed by atoms with Gasteiger partial charge in [0.1, 0.15) is 11.6 Å². The molecule has 1 fully saturated rings. The lowest BCUT2D eigenvalue weighted by Gasteiger charge is -2.27. The van der Waals surface area contributed by atoms with Gasteiger partial charge in [0, 0.05) is 10.4 Å². The van der Waals surface area contributed by atoms with E-state index < -0.39 is 0 Å². The lowest BCUT2D eigenvalue weighted by molar-refractivity contribution is 0.350. The van der Waals surface area contributed by atoms with E-state index in [-0.39, 0.29) is 16.5 Å². The van der Waals surface area contributed by atoms with E-state index in [4.69, 9.17) is 0 Å². The fourth-order valence-corrected chi connectivity index (χ4v) is 3.43. The van der Waals surface area contributed by atoms with Crippen LogP contribution in [0.4, 0.5) is 8.78 Å². The third kappa shape index (κ3) is 2.87. The molecule has 0 spiro atoms. The van der Waals surface area contributed by atoms with Gasteiger partial charge in [0.25, 0.3) is 0 Å². The summed E-state index contributed by atoms with van der Waals surface area (Å²) in [6.07, 6.45) is 5.86. The average Bonchev–Trinajstić information content (AvgIpc) is 2.34. The molecule has 0 N–H and O–H groups in total. The highest BCUT2D eigenvalue weighted by molar-refractivity contribution is 9.09. The van der Waals surface area contributed by atoms with E-state index in [0.717, 1.165) is 12.8 Å². The molecule has 0 heterocycles. The van der Waals surface area contributed by atoms with Crippen LogP contribution in [0.15, 0.2) is 12.1 Å². The number of halogens is 3. The van der Waals surface area contributed by atoms with Gasteiger partial charge in [0.05, 0.1) is 0 Å². The Bertz CT molecular complexity index is 397. The van der Waals surface area contributed by atoms with Crippen LogP contribution in [0.3, 0.4) is 0 Å². The second-order valence-corrected chi connectivity index (χ2v) is 5.91. The topological polar surface area (TPSA) is 0 Å². The largest absolute Gasteiger partial charge is 0.207 e. The van der Waals surface area contributed by atoms with Crippen molar-refractivity contribution in [3.8, 4) is 0 Å². The van der Waals surface area contributed by atoms with Gasteiger partial charge in [-0.25, -0.2) is 8.78 Å². The molecule has 17 heavy (non-hydrogen) atoms. The Morgan fingerprint density at radius 2 is 1.76 bits per heavy atom. The molecule has 0 bridgehead atoms. The Labute approximate surface area is 110 Å². The molecule has 1 aliphatic carbocycles. The standard InChI is InChI=1S/C14H17BrF2/c1-9-7-13(17)11(8-12(9)16)14(15)10-5-3-2-4-6-10/h7-8,10,14H,2-6H2,1H3. The summed E-state index contributed by atoms with van der Waals surface area (Å²) < 4.78 is 27.3. The van der Waals surface area contributed by atoms with Gasteiger partial charge in [-0.15, -0.1) is 0 Å². The van der Waals surface area contributed by atoms with Gasteiger partial charge in [0.2, 0.25) is 0 Å². The highest BCUT2D eigenvalue weighted by atomic mass is 79.9. The van der Waals surface area contributed by atoms with Gasteiger partial charge in [-0.3, -0.25) is 0 Å². The van der Waals surface area contributed by atoms with Crippen molar-refractivity contribution in [3.05, 3.63) is 34.9 Å². The van der Waals surface area contributed by atoms with Crippen LogP contribution in [0.5, 0.6) is 0 Å². The zero-order valence-electron chi connectivity index (χ0n) is 9.98. The molecule has 2 rings (SSSR count). The Kier molecular flexibility index (Phi) is 4.18. The molecular weight excluding hydrogens is 286 g/mol. The van der Waals surface area contributed by atoms with Crippen LogP contribution in [0, 0.1) is 24.5 Å². The zero-order valence-corrected chi connectivity index (χ0v) is 11.6. The summed E-state index contributed by atoms with van der Waals surface area (Å²) in [6.45, 7) is 1.59. The molecule has 1 atom stereocenters. The van der Waals surface area contributed by atoms with Crippen molar-refractivity contribution < 1.29 is 8.78 Å². The smallest absolute Gasteiger partial charge is 0.128 e. The second-order valence-electron chi connectivity index (χ2n) is 4.92. The number of benzene rings is 1. The van der Waals surface area contributed by atoms with Crippen molar-refractivity contribution in [2.45, 2.75) is 43.9 Å². The molecule has 1 saturated carbocycles. The van der Waals surface area contributed by atoms with Gasteiger partial charge >= 0.3 is 0 Å². The Hall–Kier alpha value is -0.440. The maximum atomic E-state index is 13.8. The summed E-state index contributed by atoms with van der Waals surface area (Å²) in [5, 5.41) is 0. The van der Waals surface area contributed by atoms with Crippen LogP contribution in [0.25, 0.3) is 0 Å². The Balaban J connectivity index is 2.23. The molecule has 1 aromatic rings. The summed E-state index contributed by atoms with van der Waals surface area (Å²) in [6, 6.07) is 2.64. The molecule has 0 radical (unpaired) electrons. The molecule has 1 aliphatic rings. The van der Waals surface area contributed by atoms with Crippen LogP contribution < -0.4 is 0 Å². The van der Waals surface area contributed by atoms with E-state index >= 15 is 0 Å². The molecule has 3 heteroatoms. The SMILES string of the molecule is Cc1cc(F)c(C(Br)C2CCCCC2)cc1F. The first-order valence-electron chi connectivity index (χ1n) is 6.19. The molecular formula is C14H17BrF2. The monoisotopic (exact) mass is 302 g/mol. The second kappa shape index (κ2) is 5.47. The van der Waals surface area contributed by atoms with Crippen molar-refractivity contribution in [2.24, 2.45) is 5.92 Å². The summed E-state index contributed by atoms with van der Waals surface area (Å²) in [4.78, 5) is -0.0575. The van der Waals surface area contributed by atoms with E-state index in [9.17, 15) is 8.78 Å². The molecule has 0 saturated heterocycles. The maximum absolute atomic E-state index is 13.8. The van der Waals surface area contributed by atoms with Gasteiger partial charge in [-0.1, -0.05) is 35.2 Å². The highest BCUT2D eigenvalue weighted by Crippen LogP contribution is 2.41. The fraction of sp³-hybridized carbons (Fsp3) is 0.571. The normalized spacial score (nSPS) is 19.3. The molecule has 0 amide bonds.